The number of nitrogens with zero attached hydrogens (tertiary/aromatic N) is 3. The van der Waals surface area contributed by atoms with Gasteiger partial charge in [0.2, 0.25) is 5.82 Å². The second-order valence-electron chi connectivity index (χ2n) is 2.67. The summed E-state index contributed by atoms with van der Waals surface area (Å²) in [4.78, 5) is 0. The highest BCUT2D eigenvalue weighted by Gasteiger charge is 2.11. The fourth-order valence-corrected chi connectivity index (χ4v) is 1.18. The first kappa shape index (κ1) is 7.85. The first-order chi connectivity index (χ1) is 6.29. The van der Waals surface area contributed by atoms with E-state index in [0.29, 0.717) is 5.56 Å². The number of tetrazole rings is 1. The highest BCUT2D eigenvalue weighted by molar-refractivity contribution is 5.59. The quantitative estimate of drug-likeness (QED) is 0.716. The van der Waals surface area contributed by atoms with Gasteiger partial charge in [0, 0.05) is 0 Å². The van der Waals surface area contributed by atoms with E-state index in [-0.39, 0.29) is 11.6 Å². The predicted octanol–water partition coefficient (Wildman–Crippen LogP) is 1.31. The fourth-order valence-electron chi connectivity index (χ4n) is 1.18. The molecule has 66 valence electrons. The summed E-state index contributed by atoms with van der Waals surface area (Å²) in [6.45, 7) is 1.80. The van der Waals surface area contributed by atoms with Crippen LogP contribution in [-0.2, 0) is 0 Å². The molecule has 0 unspecified atom stereocenters. The van der Waals surface area contributed by atoms with Crippen LogP contribution in [0.2, 0.25) is 0 Å². The van der Waals surface area contributed by atoms with Gasteiger partial charge in [-0.15, -0.1) is 10.2 Å². The zero-order valence-corrected chi connectivity index (χ0v) is 6.95. The zero-order valence-electron chi connectivity index (χ0n) is 6.95. The molecule has 0 radical (unpaired) electrons. The van der Waals surface area contributed by atoms with Gasteiger partial charge < -0.3 is 0 Å². The van der Waals surface area contributed by atoms with Crippen molar-refractivity contribution in [3.63, 3.8) is 0 Å². The molecule has 1 aromatic heterocycles. The van der Waals surface area contributed by atoms with Crippen LogP contribution < -0.4 is 0 Å². The number of aromatic amines is 1. The molecular weight excluding hydrogens is 171 g/mol. The third-order valence-corrected chi connectivity index (χ3v) is 1.79. The lowest BCUT2D eigenvalue weighted by atomic mass is 10.1. The Morgan fingerprint density at radius 2 is 2.23 bits per heavy atom. The van der Waals surface area contributed by atoms with E-state index < -0.39 is 0 Å². The summed E-state index contributed by atoms with van der Waals surface area (Å²) in [6, 6.07) is 4.82. The van der Waals surface area contributed by atoms with Gasteiger partial charge >= 0.3 is 0 Å². The van der Waals surface area contributed by atoms with E-state index >= 15 is 0 Å². The lowest BCUT2D eigenvalue weighted by Gasteiger charge is -2.00. The Bertz CT molecular complexity index is 390. The Morgan fingerprint density at radius 3 is 2.85 bits per heavy atom. The number of hydrogen-bond acceptors (Lipinski definition) is 3. The van der Waals surface area contributed by atoms with Crippen LogP contribution in [0.3, 0.4) is 0 Å². The number of halogens is 1. The molecule has 1 aromatic carbocycles. The smallest absolute Gasteiger partial charge is 0.206 e. The van der Waals surface area contributed by atoms with E-state index in [0.717, 1.165) is 5.56 Å². The third-order valence-electron chi connectivity index (χ3n) is 1.79. The van der Waals surface area contributed by atoms with Crippen molar-refractivity contribution >= 4 is 0 Å². The lowest BCUT2D eigenvalue weighted by Crippen LogP contribution is -1.90. The second-order valence-corrected chi connectivity index (χ2v) is 2.67. The van der Waals surface area contributed by atoms with Gasteiger partial charge in [0.05, 0.1) is 5.56 Å². The molecule has 0 saturated carbocycles. The van der Waals surface area contributed by atoms with Crippen molar-refractivity contribution in [1.29, 1.82) is 0 Å². The first-order valence-electron chi connectivity index (χ1n) is 3.78. The van der Waals surface area contributed by atoms with Gasteiger partial charge in [-0.05, 0) is 23.8 Å². The molecule has 2 aromatic rings. The van der Waals surface area contributed by atoms with Gasteiger partial charge in [-0.1, -0.05) is 12.1 Å². The van der Waals surface area contributed by atoms with Crippen LogP contribution in [0.15, 0.2) is 18.2 Å². The summed E-state index contributed by atoms with van der Waals surface area (Å²) >= 11 is 0. The van der Waals surface area contributed by atoms with Crippen LogP contribution in [0.5, 0.6) is 0 Å². The van der Waals surface area contributed by atoms with E-state index in [1.165, 1.54) is 6.07 Å². The fraction of sp³-hybridized carbons (Fsp3) is 0.125. The highest BCUT2D eigenvalue weighted by atomic mass is 19.1. The molecule has 0 spiro atoms. The minimum atomic E-state index is -0.332. The molecule has 4 nitrogen and oxygen atoms in total. The molecule has 0 fully saturated rings. The number of rotatable bonds is 1. The first-order valence-corrected chi connectivity index (χ1v) is 3.78. The molecule has 0 aliphatic rings. The number of nitrogens with one attached hydrogen (secondary N) is 1. The molecule has 0 aliphatic heterocycles. The van der Waals surface area contributed by atoms with E-state index in [1.54, 1.807) is 19.1 Å². The van der Waals surface area contributed by atoms with Gasteiger partial charge in [0.15, 0.2) is 0 Å². The molecule has 1 heterocycles. The van der Waals surface area contributed by atoms with Gasteiger partial charge in [-0.25, -0.2) is 4.39 Å². The van der Waals surface area contributed by atoms with Crippen molar-refractivity contribution in [1.82, 2.24) is 20.6 Å². The summed E-state index contributed by atoms with van der Waals surface area (Å²) in [7, 11) is 0. The molecule has 0 saturated heterocycles. The maximum absolute atomic E-state index is 13.3. The minimum Gasteiger partial charge on any atom is -0.206 e. The Kier molecular flexibility index (Phi) is 1.77. The van der Waals surface area contributed by atoms with Crippen LogP contribution in [0.25, 0.3) is 11.4 Å². The summed E-state index contributed by atoms with van der Waals surface area (Å²) in [6.07, 6.45) is 0. The third kappa shape index (κ3) is 1.28. The molecule has 13 heavy (non-hydrogen) atoms. The second kappa shape index (κ2) is 2.93. The molecular formula is C8H7FN4. The molecule has 0 amide bonds. The summed E-state index contributed by atoms with van der Waals surface area (Å²) in [5.74, 6) is -0.0444. The molecule has 0 atom stereocenters. The van der Waals surface area contributed by atoms with Crippen molar-refractivity contribution in [2.75, 3.05) is 0 Å². The van der Waals surface area contributed by atoms with E-state index in [2.05, 4.69) is 20.6 Å². The van der Waals surface area contributed by atoms with Crippen LogP contribution in [-0.4, -0.2) is 20.6 Å². The minimum absolute atomic E-state index is 0.288. The van der Waals surface area contributed by atoms with E-state index in [1.807, 2.05) is 0 Å². The van der Waals surface area contributed by atoms with Gasteiger partial charge in [-0.3, -0.25) is 0 Å². The topological polar surface area (TPSA) is 54.5 Å². The van der Waals surface area contributed by atoms with Crippen molar-refractivity contribution in [3.05, 3.63) is 29.6 Å². The SMILES string of the molecule is Cc1cccc(F)c1-c1nn[nH]n1. The number of H-pyrrole nitrogens is 1. The Hall–Kier alpha value is -1.78. The van der Waals surface area contributed by atoms with Crippen LogP contribution in [0.4, 0.5) is 4.39 Å². The average molecular weight is 178 g/mol. The number of hydrogen-bond donors (Lipinski definition) is 1. The maximum atomic E-state index is 13.3. The number of benzene rings is 1. The average Bonchev–Trinajstić information content (AvgIpc) is 2.57. The van der Waals surface area contributed by atoms with Crippen LogP contribution in [0.1, 0.15) is 5.56 Å². The molecule has 1 N–H and O–H groups in total. The lowest BCUT2D eigenvalue weighted by molar-refractivity contribution is 0.629. The van der Waals surface area contributed by atoms with Crippen molar-refractivity contribution in [3.8, 4) is 11.4 Å². The van der Waals surface area contributed by atoms with E-state index in [9.17, 15) is 4.39 Å². The normalized spacial score (nSPS) is 10.3. The van der Waals surface area contributed by atoms with Crippen LogP contribution >= 0.6 is 0 Å². The largest absolute Gasteiger partial charge is 0.207 e. The van der Waals surface area contributed by atoms with Gasteiger partial charge in [-0.2, -0.15) is 5.21 Å². The van der Waals surface area contributed by atoms with Crippen molar-refractivity contribution in [2.45, 2.75) is 6.92 Å². The van der Waals surface area contributed by atoms with Gasteiger partial charge in [0.25, 0.3) is 0 Å². The van der Waals surface area contributed by atoms with Crippen molar-refractivity contribution < 1.29 is 4.39 Å². The molecule has 2 rings (SSSR count). The Balaban J connectivity index is 2.64. The standard InChI is InChI=1S/C8H7FN4/c1-5-3-2-4-6(9)7(5)8-10-12-13-11-8/h2-4H,1H3,(H,10,11,12,13). The van der Waals surface area contributed by atoms with Gasteiger partial charge in [0.1, 0.15) is 5.82 Å². The van der Waals surface area contributed by atoms with Crippen LogP contribution in [0, 0.1) is 12.7 Å². The summed E-state index contributed by atoms with van der Waals surface area (Å²) in [5, 5.41) is 13.1. The zero-order chi connectivity index (χ0) is 9.26. The molecule has 5 heteroatoms. The highest BCUT2D eigenvalue weighted by Crippen LogP contribution is 2.21. The Labute approximate surface area is 73.8 Å². The molecule has 0 aliphatic carbocycles. The number of aryl methyl sites for hydroxylation is 1. The van der Waals surface area contributed by atoms with E-state index in [4.69, 9.17) is 0 Å². The summed E-state index contributed by atoms with van der Waals surface area (Å²) < 4.78 is 13.3. The number of aromatic nitrogens is 4. The predicted molar refractivity (Wildman–Crippen MR) is 44.3 cm³/mol. The maximum Gasteiger partial charge on any atom is 0.207 e. The summed E-state index contributed by atoms with van der Waals surface area (Å²) in [5.41, 5.74) is 1.19. The Morgan fingerprint density at radius 1 is 1.38 bits per heavy atom. The molecule has 0 bridgehead atoms. The monoisotopic (exact) mass is 178 g/mol. The van der Waals surface area contributed by atoms with Crippen molar-refractivity contribution in [2.24, 2.45) is 0 Å².